The molecule has 1 rings (SSSR count). The van der Waals surface area contributed by atoms with E-state index in [2.05, 4.69) is 14.1 Å². The van der Waals surface area contributed by atoms with Gasteiger partial charge in [0.2, 0.25) is 0 Å². The number of nitrogens with one attached hydrogen (secondary N) is 1. The number of esters is 1. The van der Waals surface area contributed by atoms with Crippen molar-refractivity contribution in [1.29, 1.82) is 0 Å². The summed E-state index contributed by atoms with van der Waals surface area (Å²) >= 11 is 0. The zero-order chi connectivity index (χ0) is 12.0. The largest absolute Gasteiger partial charge is 0.462 e. The highest BCUT2D eigenvalue weighted by molar-refractivity contribution is 5.89. The molecule has 0 bridgehead atoms. The Morgan fingerprint density at radius 2 is 2.12 bits per heavy atom. The van der Waals surface area contributed by atoms with Gasteiger partial charge in [0.25, 0.3) is 0 Å². The van der Waals surface area contributed by atoms with Crippen LogP contribution in [0.5, 0.6) is 0 Å². The van der Waals surface area contributed by atoms with E-state index in [1.165, 1.54) is 4.90 Å². The molecule has 16 heavy (non-hydrogen) atoms. The van der Waals surface area contributed by atoms with E-state index in [0.717, 1.165) is 18.5 Å². The van der Waals surface area contributed by atoms with Gasteiger partial charge in [-0.2, -0.15) is 0 Å². The Labute approximate surface area is 97.0 Å². The summed E-state index contributed by atoms with van der Waals surface area (Å²) in [6, 6.07) is 7.47. The third-order valence-corrected chi connectivity index (χ3v) is 2.31. The van der Waals surface area contributed by atoms with E-state index in [9.17, 15) is 4.79 Å². The molecule has 3 nitrogen and oxygen atoms in total. The molecule has 0 unspecified atom stereocenters. The van der Waals surface area contributed by atoms with Crippen LogP contribution in [0.2, 0.25) is 0 Å². The monoisotopic (exact) mass is 222 g/mol. The summed E-state index contributed by atoms with van der Waals surface area (Å²) in [5.41, 5.74) is 1.71. The number of ether oxygens (including phenoxy) is 1. The van der Waals surface area contributed by atoms with Gasteiger partial charge in [-0.1, -0.05) is 17.7 Å². The standard InChI is InChI=1S/C13H19NO2/c1-11-6-4-7-12(10-11)13(15)16-9-5-8-14(2)3/h4,6-7,10H,5,8-9H2,1-3H3/p+1. The molecule has 0 amide bonds. The first-order valence-electron chi connectivity index (χ1n) is 5.62. The summed E-state index contributed by atoms with van der Waals surface area (Å²) in [5.74, 6) is -0.225. The van der Waals surface area contributed by atoms with Crippen molar-refractivity contribution in [2.24, 2.45) is 0 Å². The summed E-state index contributed by atoms with van der Waals surface area (Å²) in [6.07, 6.45) is 0.903. The maximum absolute atomic E-state index is 11.6. The molecule has 0 radical (unpaired) electrons. The van der Waals surface area contributed by atoms with Gasteiger partial charge in [0.1, 0.15) is 0 Å². The molecule has 0 saturated heterocycles. The number of carbonyl (C=O) groups is 1. The topological polar surface area (TPSA) is 30.7 Å². The van der Waals surface area contributed by atoms with Crippen LogP contribution in [-0.2, 0) is 4.74 Å². The Bertz CT molecular complexity index is 348. The molecule has 0 aliphatic carbocycles. The third-order valence-electron chi connectivity index (χ3n) is 2.31. The van der Waals surface area contributed by atoms with Crippen molar-refractivity contribution in [1.82, 2.24) is 0 Å². The van der Waals surface area contributed by atoms with Crippen LogP contribution in [0, 0.1) is 6.92 Å². The van der Waals surface area contributed by atoms with Crippen LogP contribution >= 0.6 is 0 Å². The zero-order valence-corrected chi connectivity index (χ0v) is 10.2. The number of quaternary nitrogens is 1. The van der Waals surface area contributed by atoms with Crippen LogP contribution in [0.15, 0.2) is 24.3 Å². The van der Waals surface area contributed by atoms with Crippen LogP contribution < -0.4 is 4.90 Å². The highest BCUT2D eigenvalue weighted by Crippen LogP contribution is 2.05. The fourth-order valence-corrected chi connectivity index (χ4v) is 1.45. The fourth-order valence-electron chi connectivity index (χ4n) is 1.45. The molecule has 0 aliphatic rings. The van der Waals surface area contributed by atoms with E-state index in [4.69, 9.17) is 4.74 Å². The van der Waals surface area contributed by atoms with E-state index in [1.807, 2.05) is 25.1 Å². The first-order valence-corrected chi connectivity index (χ1v) is 5.62. The summed E-state index contributed by atoms with van der Waals surface area (Å²) in [6.45, 7) is 3.48. The predicted octanol–water partition coefficient (Wildman–Crippen LogP) is 0.686. The predicted molar refractivity (Wildman–Crippen MR) is 63.8 cm³/mol. The molecule has 3 heteroatoms. The first kappa shape index (κ1) is 12.7. The molecule has 0 aliphatic heterocycles. The SMILES string of the molecule is Cc1cccc(C(=O)OCCC[NH+](C)C)c1. The summed E-state index contributed by atoms with van der Waals surface area (Å²) < 4.78 is 5.18. The fraction of sp³-hybridized carbons (Fsp3) is 0.462. The minimum Gasteiger partial charge on any atom is -0.462 e. The zero-order valence-electron chi connectivity index (χ0n) is 10.2. The molecule has 0 spiro atoms. The van der Waals surface area contributed by atoms with Gasteiger partial charge in [-0.25, -0.2) is 4.79 Å². The van der Waals surface area contributed by atoms with E-state index < -0.39 is 0 Å². The van der Waals surface area contributed by atoms with Crippen molar-refractivity contribution in [2.45, 2.75) is 13.3 Å². The second-order valence-electron chi connectivity index (χ2n) is 4.32. The van der Waals surface area contributed by atoms with Crippen molar-refractivity contribution in [3.05, 3.63) is 35.4 Å². The van der Waals surface area contributed by atoms with Crippen LogP contribution in [0.4, 0.5) is 0 Å². The lowest BCUT2D eigenvalue weighted by molar-refractivity contribution is -0.858. The van der Waals surface area contributed by atoms with Gasteiger partial charge in [-0.15, -0.1) is 0 Å². The molecule has 0 aromatic heterocycles. The van der Waals surface area contributed by atoms with Crippen molar-refractivity contribution in [3.63, 3.8) is 0 Å². The lowest BCUT2D eigenvalue weighted by atomic mass is 10.1. The maximum Gasteiger partial charge on any atom is 0.338 e. The third kappa shape index (κ3) is 4.45. The molecule has 1 N–H and O–H groups in total. The summed E-state index contributed by atoms with van der Waals surface area (Å²) in [4.78, 5) is 13.0. The average molecular weight is 222 g/mol. The summed E-state index contributed by atoms with van der Waals surface area (Å²) in [5, 5.41) is 0. The van der Waals surface area contributed by atoms with Gasteiger partial charge in [-0.05, 0) is 19.1 Å². The first-order chi connectivity index (χ1) is 7.59. The lowest BCUT2D eigenvalue weighted by Gasteiger charge is -2.08. The number of aryl methyl sites for hydroxylation is 1. The van der Waals surface area contributed by atoms with Crippen molar-refractivity contribution >= 4 is 5.97 Å². The normalized spacial score (nSPS) is 10.5. The highest BCUT2D eigenvalue weighted by atomic mass is 16.5. The Morgan fingerprint density at radius 3 is 2.75 bits per heavy atom. The Kier molecular flexibility index (Phi) is 4.99. The van der Waals surface area contributed by atoms with Gasteiger partial charge in [-0.3, -0.25) is 0 Å². The quantitative estimate of drug-likeness (QED) is 0.587. The van der Waals surface area contributed by atoms with Gasteiger partial charge in [0, 0.05) is 6.42 Å². The average Bonchev–Trinajstić information content (AvgIpc) is 2.24. The number of rotatable bonds is 5. The van der Waals surface area contributed by atoms with E-state index >= 15 is 0 Å². The molecule has 0 atom stereocenters. The second kappa shape index (κ2) is 6.28. The molecule has 1 aromatic carbocycles. The molecular formula is C13H20NO2+. The van der Waals surface area contributed by atoms with Crippen LogP contribution in [0.25, 0.3) is 0 Å². The van der Waals surface area contributed by atoms with Gasteiger partial charge in [0.05, 0.1) is 32.8 Å². The van der Waals surface area contributed by atoms with Crippen molar-refractivity contribution in [3.8, 4) is 0 Å². The molecule has 0 saturated carbocycles. The van der Waals surface area contributed by atoms with E-state index in [-0.39, 0.29) is 5.97 Å². The van der Waals surface area contributed by atoms with Crippen LogP contribution in [-0.4, -0.2) is 33.2 Å². The van der Waals surface area contributed by atoms with Crippen molar-refractivity contribution in [2.75, 3.05) is 27.2 Å². The Hall–Kier alpha value is -1.35. The molecule has 0 fully saturated rings. The number of benzene rings is 1. The number of hydrogen-bond donors (Lipinski definition) is 1. The maximum atomic E-state index is 11.6. The minimum absolute atomic E-state index is 0.225. The second-order valence-corrected chi connectivity index (χ2v) is 4.32. The van der Waals surface area contributed by atoms with E-state index in [0.29, 0.717) is 12.2 Å². The van der Waals surface area contributed by atoms with Crippen LogP contribution in [0.3, 0.4) is 0 Å². The molecular weight excluding hydrogens is 202 g/mol. The molecule has 0 heterocycles. The number of hydrogen-bond acceptors (Lipinski definition) is 2. The summed E-state index contributed by atoms with van der Waals surface area (Å²) in [7, 11) is 4.17. The highest BCUT2D eigenvalue weighted by Gasteiger charge is 2.06. The van der Waals surface area contributed by atoms with Crippen molar-refractivity contribution < 1.29 is 14.4 Å². The van der Waals surface area contributed by atoms with Crippen LogP contribution in [0.1, 0.15) is 22.3 Å². The van der Waals surface area contributed by atoms with E-state index in [1.54, 1.807) is 6.07 Å². The lowest BCUT2D eigenvalue weighted by Crippen LogP contribution is -3.05. The molecule has 1 aromatic rings. The Morgan fingerprint density at radius 1 is 1.38 bits per heavy atom. The van der Waals surface area contributed by atoms with Gasteiger partial charge >= 0.3 is 5.97 Å². The minimum atomic E-state index is -0.225. The molecule has 88 valence electrons. The van der Waals surface area contributed by atoms with Gasteiger partial charge in [0.15, 0.2) is 0 Å². The van der Waals surface area contributed by atoms with Gasteiger partial charge < -0.3 is 9.64 Å². The Balaban J connectivity index is 2.35. The smallest absolute Gasteiger partial charge is 0.338 e. The number of carbonyl (C=O) groups excluding carboxylic acids is 1.